The van der Waals surface area contributed by atoms with Crippen LogP contribution in [0.2, 0.25) is 0 Å². The molecule has 224 valence electrons. The molecule has 0 aliphatic carbocycles. The largest absolute Gasteiger partial charge is 0.450 e. The van der Waals surface area contributed by atoms with Crippen LogP contribution in [0.15, 0.2) is 48.5 Å². The topological polar surface area (TPSA) is 65.1 Å². The molecule has 1 N–H and O–H groups in total. The van der Waals surface area contributed by atoms with Crippen molar-refractivity contribution in [2.75, 3.05) is 39.3 Å². The average molecular weight is 587 g/mol. The van der Waals surface area contributed by atoms with Gasteiger partial charge in [0.1, 0.15) is 0 Å². The summed E-state index contributed by atoms with van der Waals surface area (Å²) in [6, 6.07) is 10.1. The molecule has 2 fully saturated rings. The second kappa shape index (κ2) is 12.7. The van der Waals surface area contributed by atoms with Gasteiger partial charge in [0.05, 0.1) is 23.8 Å². The number of amides is 2. The Balaban J connectivity index is 1.47. The van der Waals surface area contributed by atoms with Crippen molar-refractivity contribution in [1.82, 2.24) is 20.0 Å². The minimum absolute atomic E-state index is 0.108. The monoisotopic (exact) mass is 586 g/mol. The maximum atomic E-state index is 13.6. The van der Waals surface area contributed by atoms with Gasteiger partial charge in [-0.3, -0.25) is 9.69 Å². The van der Waals surface area contributed by atoms with E-state index in [2.05, 4.69) is 5.32 Å². The third-order valence-corrected chi connectivity index (χ3v) is 7.28. The number of carbonyl (C=O) groups excluding carboxylic acids is 2. The summed E-state index contributed by atoms with van der Waals surface area (Å²) in [7, 11) is 0. The Hall–Kier alpha value is -3.32. The highest BCUT2D eigenvalue weighted by atomic mass is 19.4. The van der Waals surface area contributed by atoms with Gasteiger partial charge in [-0.05, 0) is 42.7 Å². The van der Waals surface area contributed by atoms with Crippen LogP contribution in [0.25, 0.3) is 0 Å². The molecule has 2 aromatic carbocycles. The van der Waals surface area contributed by atoms with E-state index in [1.165, 1.54) is 4.90 Å². The molecule has 7 nitrogen and oxygen atoms in total. The Kier molecular flexibility index (Phi) is 9.48. The molecule has 2 aromatic rings. The molecule has 13 heteroatoms. The molecular weight excluding hydrogens is 554 g/mol. The van der Waals surface area contributed by atoms with Gasteiger partial charge in [0.2, 0.25) is 5.91 Å². The third-order valence-electron chi connectivity index (χ3n) is 7.28. The molecule has 0 saturated carbocycles. The van der Waals surface area contributed by atoms with Gasteiger partial charge in [-0.2, -0.15) is 26.3 Å². The molecule has 2 saturated heterocycles. The van der Waals surface area contributed by atoms with Gasteiger partial charge in [0.15, 0.2) is 0 Å². The number of carbonyl (C=O) groups is 2. The molecule has 2 atom stereocenters. The van der Waals surface area contributed by atoms with E-state index in [0.29, 0.717) is 57.8 Å². The number of rotatable bonds is 7. The van der Waals surface area contributed by atoms with Crippen molar-refractivity contribution in [3.63, 3.8) is 0 Å². The van der Waals surface area contributed by atoms with Crippen molar-refractivity contribution >= 4 is 12.0 Å². The van der Waals surface area contributed by atoms with Gasteiger partial charge in [0.25, 0.3) is 0 Å². The van der Waals surface area contributed by atoms with Gasteiger partial charge in [-0.1, -0.05) is 30.3 Å². The Morgan fingerprint density at radius 2 is 1.46 bits per heavy atom. The SMILES string of the molecule is CCOC(=O)N1CCN(C(=O)[C@@H]2C[C@H](NCc3cc(C(F)(F)F)cc(C(F)(F)F)c3)CN2Cc2ccccc2)CC1. The fraction of sp³-hybridized carbons (Fsp3) is 0.500. The first-order valence-corrected chi connectivity index (χ1v) is 13.4. The first-order valence-electron chi connectivity index (χ1n) is 13.4. The first kappa shape index (κ1) is 30.6. The van der Waals surface area contributed by atoms with Crippen LogP contribution in [-0.4, -0.2) is 78.1 Å². The molecular formula is C28H32F6N4O3. The maximum Gasteiger partial charge on any atom is 0.416 e. The summed E-state index contributed by atoms with van der Waals surface area (Å²) in [5.41, 5.74) is -1.91. The van der Waals surface area contributed by atoms with Gasteiger partial charge in [0, 0.05) is 51.9 Å². The summed E-state index contributed by atoms with van der Waals surface area (Å²) in [6.07, 6.45) is -9.96. The Bertz CT molecular complexity index is 1170. The number of alkyl halides is 6. The number of halogens is 6. The van der Waals surface area contributed by atoms with E-state index in [0.717, 1.165) is 5.56 Å². The molecule has 0 spiro atoms. The fourth-order valence-electron chi connectivity index (χ4n) is 5.22. The number of nitrogens with one attached hydrogen (secondary N) is 1. The highest BCUT2D eigenvalue weighted by Crippen LogP contribution is 2.36. The van der Waals surface area contributed by atoms with Crippen LogP contribution in [0.4, 0.5) is 31.1 Å². The van der Waals surface area contributed by atoms with Crippen LogP contribution in [0.5, 0.6) is 0 Å². The Labute approximate surface area is 234 Å². The van der Waals surface area contributed by atoms with E-state index in [1.54, 1.807) is 11.8 Å². The lowest BCUT2D eigenvalue weighted by molar-refractivity contribution is -0.143. The number of piperazine rings is 1. The normalized spacial score (nSPS) is 20.4. The van der Waals surface area contributed by atoms with Crippen molar-refractivity contribution < 1.29 is 40.7 Å². The number of ether oxygens (including phenoxy) is 1. The van der Waals surface area contributed by atoms with E-state index >= 15 is 0 Å². The maximum absolute atomic E-state index is 13.6. The van der Waals surface area contributed by atoms with Crippen LogP contribution in [-0.2, 0) is 35.0 Å². The van der Waals surface area contributed by atoms with E-state index in [-0.39, 0.29) is 36.7 Å². The average Bonchev–Trinajstić information content (AvgIpc) is 3.33. The van der Waals surface area contributed by atoms with Crippen LogP contribution in [0, 0.1) is 0 Å². The highest BCUT2D eigenvalue weighted by Gasteiger charge is 2.40. The minimum Gasteiger partial charge on any atom is -0.450 e. The fourth-order valence-corrected chi connectivity index (χ4v) is 5.22. The molecule has 0 unspecified atom stereocenters. The van der Waals surface area contributed by atoms with Gasteiger partial charge in [-0.25, -0.2) is 4.79 Å². The summed E-state index contributed by atoms with van der Waals surface area (Å²) in [5, 5.41) is 3.08. The standard InChI is InChI=1S/C28H32F6N4O3/c1-2-41-26(40)37-10-8-36(9-11-37)25(39)24-15-23(18-38(24)17-19-6-4-3-5-7-19)35-16-20-12-21(27(29,30)31)14-22(13-20)28(32,33)34/h3-7,12-14,23-24,35H,2,8-11,15-18H2,1H3/t23-,24-/m0/s1. The Morgan fingerprint density at radius 3 is 2.02 bits per heavy atom. The van der Waals surface area contributed by atoms with Gasteiger partial charge < -0.3 is 19.9 Å². The first-order chi connectivity index (χ1) is 19.3. The lowest BCUT2D eigenvalue weighted by Gasteiger charge is -2.36. The van der Waals surface area contributed by atoms with E-state index in [4.69, 9.17) is 4.74 Å². The predicted molar refractivity (Wildman–Crippen MR) is 138 cm³/mol. The minimum atomic E-state index is -4.93. The molecule has 0 bridgehead atoms. The smallest absolute Gasteiger partial charge is 0.416 e. The van der Waals surface area contributed by atoms with Crippen LogP contribution in [0.1, 0.15) is 35.6 Å². The molecule has 2 aliphatic rings. The van der Waals surface area contributed by atoms with Crippen molar-refractivity contribution in [3.05, 3.63) is 70.8 Å². The number of benzene rings is 2. The molecule has 4 rings (SSSR count). The quantitative estimate of drug-likeness (QED) is 0.475. The predicted octanol–water partition coefficient (Wildman–Crippen LogP) is 4.76. The van der Waals surface area contributed by atoms with Gasteiger partial charge >= 0.3 is 18.4 Å². The zero-order valence-corrected chi connectivity index (χ0v) is 22.5. The van der Waals surface area contributed by atoms with Crippen LogP contribution < -0.4 is 5.32 Å². The molecule has 2 aliphatic heterocycles. The molecule has 41 heavy (non-hydrogen) atoms. The second-order valence-electron chi connectivity index (χ2n) is 10.2. The zero-order chi connectivity index (χ0) is 29.8. The summed E-state index contributed by atoms with van der Waals surface area (Å²) in [5.74, 6) is -0.132. The van der Waals surface area contributed by atoms with Crippen molar-refractivity contribution in [2.24, 2.45) is 0 Å². The lowest BCUT2D eigenvalue weighted by atomic mass is 10.0. The summed E-state index contributed by atoms with van der Waals surface area (Å²) in [6.45, 7) is 3.87. The molecule has 2 heterocycles. The number of hydrogen-bond acceptors (Lipinski definition) is 5. The van der Waals surface area contributed by atoms with Crippen molar-refractivity contribution in [2.45, 2.75) is 50.9 Å². The second-order valence-corrected chi connectivity index (χ2v) is 10.2. The summed E-state index contributed by atoms with van der Waals surface area (Å²) in [4.78, 5) is 30.8. The number of hydrogen-bond donors (Lipinski definition) is 1. The lowest BCUT2D eigenvalue weighted by Crippen LogP contribution is -2.54. The molecule has 0 radical (unpaired) electrons. The highest BCUT2D eigenvalue weighted by molar-refractivity contribution is 5.82. The zero-order valence-electron chi connectivity index (χ0n) is 22.5. The van der Waals surface area contributed by atoms with Crippen molar-refractivity contribution in [3.8, 4) is 0 Å². The van der Waals surface area contributed by atoms with Crippen molar-refractivity contribution in [1.29, 1.82) is 0 Å². The number of likely N-dealkylation sites (tertiary alicyclic amines) is 1. The van der Waals surface area contributed by atoms with E-state index in [9.17, 15) is 35.9 Å². The molecule has 0 aromatic heterocycles. The van der Waals surface area contributed by atoms with Gasteiger partial charge in [-0.15, -0.1) is 0 Å². The summed E-state index contributed by atoms with van der Waals surface area (Å²) >= 11 is 0. The van der Waals surface area contributed by atoms with E-state index < -0.39 is 35.6 Å². The third kappa shape index (κ3) is 7.91. The Morgan fingerprint density at radius 1 is 0.878 bits per heavy atom. The van der Waals surface area contributed by atoms with Crippen LogP contribution >= 0.6 is 0 Å². The van der Waals surface area contributed by atoms with Crippen LogP contribution in [0.3, 0.4) is 0 Å². The van der Waals surface area contributed by atoms with E-state index in [1.807, 2.05) is 35.2 Å². The molecule has 2 amide bonds. The summed E-state index contributed by atoms with van der Waals surface area (Å²) < 4.78 is 84.8. The number of nitrogens with zero attached hydrogens (tertiary/aromatic N) is 3.